The standard InChI is InChI=1S/C10H10N2O3/c1-2-8-6-11-9-4-3-7(12(13)14)5-10(9)15-8/h2-5,8,11H,1,6H2. The van der Waals surface area contributed by atoms with E-state index in [2.05, 4.69) is 11.9 Å². The second-order valence-corrected chi connectivity index (χ2v) is 3.21. The van der Waals surface area contributed by atoms with Crippen molar-refractivity contribution in [1.29, 1.82) is 0 Å². The summed E-state index contributed by atoms with van der Waals surface area (Å²) >= 11 is 0. The molecular weight excluding hydrogens is 196 g/mol. The number of anilines is 1. The quantitative estimate of drug-likeness (QED) is 0.456. The minimum absolute atomic E-state index is 0.0280. The van der Waals surface area contributed by atoms with Crippen molar-refractivity contribution in [2.45, 2.75) is 6.10 Å². The Morgan fingerprint density at radius 1 is 1.67 bits per heavy atom. The lowest BCUT2D eigenvalue weighted by molar-refractivity contribution is -0.384. The molecule has 0 saturated heterocycles. The first-order valence-corrected chi connectivity index (χ1v) is 4.52. The van der Waals surface area contributed by atoms with Gasteiger partial charge in [0.25, 0.3) is 5.69 Å². The molecular formula is C10H10N2O3. The van der Waals surface area contributed by atoms with Crippen molar-refractivity contribution in [1.82, 2.24) is 0 Å². The minimum Gasteiger partial charge on any atom is -0.482 e. The van der Waals surface area contributed by atoms with Gasteiger partial charge in [-0.2, -0.15) is 0 Å². The van der Waals surface area contributed by atoms with Gasteiger partial charge in [-0.1, -0.05) is 6.58 Å². The Morgan fingerprint density at radius 2 is 2.47 bits per heavy atom. The fourth-order valence-corrected chi connectivity index (χ4v) is 1.41. The number of fused-ring (bicyclic) bond motifs is 1. The SMILES string of the molecule is C=CC1CNc2ccc([N+](=O)[O-])cc2O1. The first-order valence-electron chi connectivity index (χ1n) is 4.52. The van der Waals surface area contributed by atoms with Crippen LogP contribution in [0.3, 0.4) is 0 Å². The van der Waals surface area contributed by atoms with Crippen LogP contribution in [0.2, 0.25) is 0 Å². The molecule has 1 aliphatic heterocycles. The van der Waals surface area contributed by atoms with Crippen LogP contribution >= 0.6 is 0 Å². The van der Waals surface area contributed by atoms with Gasteiger partial charge >= 0.3 is 0 Å². The zero-order chi connectivity index (χ0) is 10.8. The highest BCUT2D eigenvalue weighted by Gasteiger charge is 2.19. The molecule has 5 heteroatoms. The number of nitro groups is 1. The van der Waals surface area contributed by atoms with Gasteiger partial charge in [0.1, 0.15) is 11.9 Å². The Labute approximate surface area is 86.5 Å². The number of benzene rings is 1. The van der Waals surface area contributed by atoms with Crippen LogP contribution in [-0.2, 0) is 0 Å². The van der Waals surface area contributed by atoms with E-state index in [0.717, 1.165) is 5.69 Å². The Hall–Kier alpha value is -2.04. The van der Waals surface area contributed by atoms with Gasteiger partial charge in [0.05, 0.1) is 23.2 Å². The van der Waals surface area contributed by atoms with Crippen molar-refractivity contribution in [3.8, 4) is 5.75 Å². The third kappa shape index (κ3) is 1.76. The summed E-state index contributed by atoms with van der Waals surface area (Å²) in [4.78, 5) is 10.1. The predicted octanol–water partition coefficient (Wildman–Crippen LogP) is 1.95. The maximum absolute atomic E-state index is 10.5. The first kappa shape index (κ1) is 9.51. The number of ether oxygens (including phenoxy) is 1. The molecule has 15 heavy (non-hydrogen) atoms. The zero-order valence-corrected chi connectivity index (χ0v) is 7.97. The molecule has 1 N–H and O–H groups in total. The summed E-state index contributed by atoms with van der Waals surface area (Å²) in [5.74, 6) is 0.500. The lowest BCUT2D eigenvalue weighted by Crippen LogP contribution is -2.28. The van der Waals surface area contributed by atoms with Crippen LogP contribution in [-0.4, -0.2) is 17.6 Å². The van der Waals surface area contributed by atoms with Gasteiger partial charge in [-0.05, 0) is 12.1 Å². The number of non-ortho nitro benzene ring substituents is 1. The molecule has 78 valence electrons. The molecule has 0 bridgehead atoms. The maximum Gasteiger partial charge on any atom is 0.273 e. The summed E-state index contributed by atoms with van der Waals surface area (Å²) in [5, 5.41) is 13.7. The summed E-state index contributed by atoms with van der Waals surface area (Å²) in [6.07, 6.45) is 1.52. The van der Waals surface area contributed by atoms with E-state index in [9.17, 15) is 10.1 Å². The molecule has 0 fully saturated rings. The average Bonchev–Trinajstić information content (AvgIpc) is 2.27. The van der Waals surface area contributed by atoms with Crippen LogP contribution in [0.4, 0.5) is 11.4 Å². The highest BCUT2D eigenvalue weighted by Crippen LogP contribution is 2.32. The van der Waals surface area contributed by atoms with E-state index in [-0.39, 0.29) is 11.8 Å². The summed E-state index contributed by atoms with van der Waals surface area (Å²) in [7, 11) is 0. The molecule has 2 rings (SSSR count). The monoisotopic (exact) mass is 206 g/mol. The Kier molecular flexibility index (Phi) is 2.29. The molecule has 1 aromatic rings. The Morgan fingerprint density at radius 3 is 3.13 bits per heavy atom. The summed E-state index contributed by atoms with van der Waals surface area (Å²) in [6, 6.07) is 4.51. The van der Waals surface area contributed by atoms with Gasteiger partial charge in [0, 0.05) is 6.07 Å². The molecule has 0 radical (unpaired) electrons. The molecule has 0 saturated carbocycles. The van der Waals surface area contributed by atoms with E-state index < -0.39 is 4.92 Å². The van der Waals surface area contributed by atoms with Crippen molar-refractivity contribution in [2.75, 3.05) is 11.9 Å². The van der Waals surface area contributed by atoms with E-state index >= 15 is 0 Å². The van der Waals surface area contributed by atoms with Crippen molar-refractivity contribution >= 4 is 11.4 Å². The second kappa shape index (κ2) is 3.61. The van der Waals surface area contributed by atoms with Gasteiger partial charge in [-0.25, -0.2) is 0 Å². The highest BCUT2D eigenvalue weighted by atomic mass is 16.6. The van der Waals surface area contributed by atoms with Crippen LogP contribution in [0, 0.1) is 10.1 Å². The Balaban J connectivity index is 2.34. The maximum atomic E-state index is 10.5. The molecule has 1 heterocycles. The third-order valence-electron chi connectivity index (χ3n) is 2.21. The van der Waals surface area contributed by atoms with Crippen LogP contribution < -0.4 is 10.1 Å². The van der Waals surface area contributed by atoms with E-state index in [1.165, 1.54) is 12.1 Å². The van der Waals surface area contributed by atoms with Crippen LogP contribution in [0.5, 0.6) is 5.75 Å². The number of nitrogens with one attached hydrogen (secondary N) is 1. The molecule has 1 atom stereocenters. The minimum atomic E-state index is -0.443. The molecule has 5 nitrogen and oxygen atoms in total. The molecule has 0 spiro atoms. The number of nitro benzene ring substituents is 1. The van der Waals surface area contributed by atoms with Crippen LogP contribution in [0.1, 0.15) is 0 Å². The average molecular weight is 206 g/mol. The zero-order valence-electron chi connectivity index (χ0n) is 7.97. The second-order valence-electron chi connectivity index (χ2n) is 3.21. The van der Waals surface area contributed by atoms with Gasteiger partial charge in [-0.3, -0.25) is 10.1 Å². The number of nitrogens with zero attached hydrogens (tertiary/aromatic N) is 1. The molecule has 0 aliphatic carbocycles. The third-order valence-corrected chi connectivity index (χ3v) is 2.21. The number of rotatable bonds is 2. The van der Waals surface area contributed by atoms with E-state index in [0.29, 0.717) is 12.3 Å². The van der Waals surface area contributed by atoms with Crippen LogP contribution in [0.25, 0.3) is 0 Å². The molecule has 0 aromatic heterocycles. The fraction of sp³-hybridized carbons (Fsp3) is 0.200. The van der Waals surface area contributed by atoms with E-state index in [1.54, 1.807) is 12.1 Å². The largest absolute Gasteiger partial charge is 0.482 e. The lowest BCUT2D eigenvalue weighted by Gasteiger charge is -2.24. The number of hydrogen-bond acceptors (Lipinski definition) is 4. The summed E-state index contributed by atoms with van der Waals surface area (Å²) in [5.41, 5.74) is 0.805. The lowest BCUT2D eigenvalue weighted by atomic mass is 10.2. The van der Waals surface area contributed by atoms with Gasteiger partial charge in [-0.15, -0.1) is 0 Å². The molecule has 1 aliphatic rings. The topological polar surface area (TPSA) is 64.4 Å². The summed E-state index contributed by atoms with van der Waals surface area (Å²) in [6.45, 7) is 4.25. The van der Waals surface area contributed by atoms with E-state index in [4.69, 9.17) is 4.74 Å². The summed E-state index contributed by atoms with van der Waals surface area (Å²) < 4.78 is 5.49. The van der Waals surface area contributed by atoms with Crippen molar-refractivity contribution in [3.63, 3.8) is 0 Å². The van der Waals surface area contributed by atoms with Gasteiger partial charge < -0.3 is 10.1 Å². The Bertz CT molecular complexity index is 417. The van der Waals surface area contributed by atoms with Gasteiger partial charge in [0.15, 0.2) is 0 Å². The van der Waals surface area contributed by atoms with Gasteiger partial charge in [0.2, 0.25) is 0 Å². The molecule has 1 unspecified atom stereocenters. The normalized spacial score (nSPS) is 18.3. The van der Waals surface area contributed by atoms with E-state index in [1.807, 2.05) is 0 Å². The highest BCUT2D eigenvalue weighted by molar-refractivity contribution is 5.62. The smallest absolute Gasteiger partial charge is 0.273 e. The number of hydrogen-bond donors (Lipinski definition) is 1. The van der Waals surface area contributed by atoms with Crippen molar-refractivity contribution < 1.29 is 9.66 Å². The predicted molar refractivity (Wildman–Crippen MR) is 56.2 cm³/mol. The first-order chi connectivity index (χ1) is 7.20. The fourth-order valence-electron chi connectivity index (χ4n) is 1.41. The molecule has 1 aromatic carbocycles. The van der Waals surface area contributed by atoms with Crippen molar-refractivity contribution in [3.05, 3.63) is 41.0 Å². The molecule has 0 amide bonds. The van der Waals surface area contributed by atoms with Crippen LogP contribution in [0.15, 0.2) is 30.9 Å². The van der Waals surface area contributed by atoms with Crippen molar-refractivity contribution in [2.24, 2.45) is 0 Å².